The highest BCUT2D eigenvalue weighted by atomic mass is 16.5. The molecule has 3 rings (SSSR count). The number of aromatic nitrogens is 1. The zero-order chi connectivity index (χ0) is 18.0. The lowest BCUT2D eigenvalue weighted by atomic mass is 9.84. The van der Waals surface area contributed by atoms with Gasteiger partial charge in [-0.25, -0.2) is 0 Å². The van der Waals surface area contributed by atoms with Crippen molar-refractivity contribution in [2.45, 2.75) is 38.8 Å². The van der Waals surface area contributed by atoms with Crippen molar-refractivity contribution in [2.24, 2.45) is 4.99 Å². The summed E-state index contributed by atoms with van der Waals surface area (Å²) in [6.07, 6.45) is 4.19. The van der Waals surface area contributed by atoms with E-state index in [9.17, 15) is 9.90 Å². The molecule has 1 aliphatic rings. The number of aliphatic hydroxyl groups excluding tert-OH is 1. The average molecular weight is 338 g/mol. The maximum atomic E-state index is 12.6. The van der Waals surface area contributed by atoms with Crippen LogP contribution < -0.4 is 4.74 Å². The molecule has 0 atom stereocenters. The van der Waals surface area contributed by atoms with Crippen LogP contribution in [0.5, 0.6) is 5.75 Å². The quantitative estimate of drug-likeness (QED) is 0.851. The molecular formula is C20H22N2O3. The highest BCUT2D eigenvalue weighted by Crippen LogP contribution is 2.33. The molecule has 1 N–H and O–H groups in total. The van der Waals surface area contributed by atoms with Gasteiger partial charge < -0.3 is 9.84 Å². The molecule has 1 aromatic heterocycles. The van der Waals surface area contributed by atoms with E-state index in [1.807, 2.05) is 12.1 Å². The number of benzene rings is 1. The van der Waals surface area contributed by atoms with Crippen LogP contribution >= 0.6 is 0 Å². The van der Waals surface area contributed by atoms with Crippen molar-refractivity contribution in [3.05, 3.63) is 58.9 Å². The molecule has 5 nitrogen and oxygen atoms in total. The Morgan fingerprint density at radius 1 is 1.36 bits per heavy atom. The zero-order valence-electron chi connectivity index (χ0n) is 14.7. The Labute approximate surface area is 147 Å². The number of aliphatic hydroxyl groups is 1. The van der Waals surface area contributed by atoms with E-state index in [2.05, 4.69) is 18.8 Å². The van der Waals surface area contributed by atoms with Crippen LogP contribution in [0.3, 0.4) is 0 Å². The SMILES string of the molecule is COc1cc2c(cc1CO)C(CC(=O)c1cccnc1)=NC(C)(C)C2. The van der Waals surface area contributed by atoms with Gasteiger partial charge in [0.1, 0.15) is 5.75 Å². The first-order valence-electron chi connectivity index (χ1n) is 8.26. The minimum Gasteiger partial charge on any atom is -0.496 e. The third kappa shape index (κ3) is 3.61. The van der Waals surface area contributed by atoms with Gasteiger partial charge in [0.15, 0.2) is 5.78 Å². The molecule has 5 heteroatoms. The maximum absolute atomic E-state index is 12.6. The summed E-state index contributed by atoms with van der Waals surface area (Å²) in [6.45, 7) is 3.98. The number of methoxy groups -OCH3 is 1. The summed E-state index contributed by atoms with van der Waals surface area (Å²) in [5.41, 5.74) is 3.74. The van der Waals surface area contributed by atoms with Crippen LogP contribution in [-0.4, -0.2) is 34.2 Å². The largest absolute Gasteiger partial charge is 0.496 e. The number of Topliss-reactive ketones (excluding diaryl/α,β-unsaturated/α-hetero) is 1. The molecule has 1 aliphatic heterocycles. The predicted molar refractivity (Wildman–Crippen MR) is 96.4 cm³/mol. The number of carbonyl (C=O) groups is 1. The number of ether oxygens (including phenoxy) is 1. The fourth-order valence-electron chi connectivity index (χ4n) is 3.24. The Hall–Kier alpha value is -2.53. The first-order valence-corrected chi connectivity index (χ1v) is 8.26. The van der Waals surface area contributed by atoms with Crippen LogP contribution in [0.15, 0.2) is 41.7 Å². The second-order valence-corrected chi connectivity index (χ2v) is 6.87. The first kappa shape index (κ1) is 17.3. The second-order valence-electron chi connectivity index (χ2n) is 6.87. The Bertz CT molecular complexity index is 826. The molecule has 0 saturated heterocycles. The van der Waals surface area contributed by atoms with E-state index in [4.69, 9.17) is 9.73 Å². The Balaban J connectivity index is 2.01. The number of rotatable bonds is 5. The minimum atomic E-state index is -0.288. The van der Waals surface area contributed by atoms with Crippen molar-refractivity contribution in [2.75, 3.05) is 7.11 Å². The number of pyridine rings is 1. The van der Waals surface area contributed by atoms with Gasteiger partial charge in [-0.15, -0.1) is 0 Å². The van der Waals surface area contributed by atoms with Gasteiger partial charge in [0.05, 0.1) is 31.4 Å². The number of carbonyl (C=O) groups excluding carboxylic acids is 1. The minimum absolute atomic E-state index is 0.0168. The molecule has 0 spiro atoms. The lowest BCUT2D eigenvalue weighted by Gasteiger charge is -2.30. The topological polar surface area (TPSA) is 71.8 Å². The standard InChI is InChI=1S/C20H22N2O3/c1-20(2)10-14-8-19(25-3)15(12-23)7-16(14)17(22-20)9-18(24)13-5-4-6-21-11-13/h4-8,11,23H,9-10,12H2,1-3H3. The number of aliphatic imine (C=N–C) groups is 1. The number of nitrogens with zero attached hydrogens (tertiary/aromatic N) is 2. The molecule has 0 aliphatic carbocycles. The Morgan fingerprint density at radius 3 is 2.80 bits per heavy atom. The Morgan fingerprint density at radius 2 is 2.16 bits per heavy atom. The molecule has 0 saturated carbocycles. The van der Waals surface area contributed by atoms with Crippen molar-refractivity contribution in [1.82, 2.24) is 4.98 Å². The lowest BCUT2D eigenvalue weighted by Crippen LogP contribution is -2.30. The molecule has 0 unspecified atom stereocenters. The zero-order valence-corrected chi connectivity index (χ0v) is 14.7. The maximum Gasteiger partial charge on any atom is 0.170 e. The third-order valence-electron chi connectivity index (χ3n) is 4.36. The first-order chi connectivity index (χ1) is 11.9. The third-order valence-corrected chi connectivity index (χ3v) is 4.36. The van der Waals surface area contributed by atoms with Crippen LogP contribution in [0.1, 0.15) is 47.3 Å². The van der Waals surface area contributed by atoms with Crippen LogP contribution in [0, 0.1) is 0 Å². The van der Waals surface area contributed by atoms with Crippen LogP contribution in [0.25, 0.3) is 0 Å². The van der Waals surface area contributed by atoms with E-state index in [1.165, 1.54) is 0 Å². The van der Waals surface area contributed by atoms with Crippen molar-refractivity contribution < 1.29 is 14.6 Å². The van der Waals surface area contributed by atoms with Crippen LogP contribution in [-0.2, 0) is 13.0 Å². The van der Waals surface area contributed by atoms with Gasteiger partial charge in [-0.05, 0) is 55.7 Å². The summed E-state index contributed by atoms with van der Waals surface area (Å²) in [5, 5.41) is 9.60. The molecule has 1 aromatic carbocycles. The molecule has 0 bridgehead atoms. The fraction of sp³-hybridized carbons (Fsp3) is 0.350. The van der Waals surface area contributed by atoms with Gasteiger partial charge in [0.2, 0.25) is 0 Å². The fourth-order valence-corrected chi connectivity index (χ4v) is 3.24. The molecule has 0 fully saturated rings. The Kier molecular flexibility index (Phi) is 4.68. The molecule has 25 heavy (non-hydrogen) atoms. The summed E-state index contributed by atoms with van der Waals surface area (Å²) < 4.78 is 5.38. The van der Waals surface area contributed by atoms with E-state index in [0.29, 0.717) is 16.9 Å². The van der Waals surface area contributed by atoms with E-state index in [0.717, 1.165) is 23.3 Å². The highest BCUT2D eigenvalue weighted by molar-refractivity contribution is 6.16. The summed E-state index contributed by atoms with van der Waals surface area (Å²) in [6, 6.07) is 7.35. The number of ketones is 1. The second kappa shape index (κ2) is 6.76. The summed E-state index contributed by atoms with van der Waals surface area (Å²) in [5.74, 6) is 0.647. The molecule has 0 radical (unpaired) electrons. The normalized spacial score (nSPS) is 15.3. The smallest absolute Gasteiger partial charge is 0.170 e. The lowest BCUT2D eigenvalue weighted by molar-refractivity contribution is 0.1000. The van der Waals surface area contributed by atoms with Gasteiger partial charge >= 0.3 is 0 Å². The average Bonchev–Trinajstić information content (AvgIpc) is 2.60. The molecule has 130 valence electrons. The highest BCUT2D eigenvalue weighted by Gasteiger charge is 2.29. The van der Waals surface area contributed by atoms with E-state index in [-0.39, 0.29) is 24.3 Å². The van der Waals surface area contributed by atoms with Crippen molar-refractivity contribution >= 4 is 11.5 Å². The molecule has 2 aromatic rings. The summed E-state index contributed by atoms with van der Waals surface area (Å²) in [7, 11) is 1.59. The number of hydrogen-bond donors (Lipinski definition) is 1. The molecular weight excluding hydrogens is 316 g/mol. The van der Waals surface area contributed by atoms with Crippen molar-refractivity contribution in [1.29, 1.82) is 0 Å². The van der Waals surface area contributed by atoms with Gasteiger partial charge in [0.25, 0.3) is 0 Å². The molecule has 0 amide bonds. The van der Waals surface area contributed by atoms with E-state index < -0.39 is 0 Å². The van der Waals surface area contributed by atoms with Crippen molar-refractivity contribution in [3.63, 3.8) is 0 Å². The van der Waals surface area contributed by atoms with Crippen molar-refractivity contribution in [3.8, 4) is 5.75 Å². The number of fused-ring (bicyclic) bond motifs is 1. The van der Waals surface area contributed by atoms with Gasteiger partial charge in [-0.2, -0.15) is 0 Å². The van der Waals surface area contributed by atoms with Crippen LogP contribution in [0.4, 0.5) is 0 Å². The van der Waals surface area contributed by atoms with E-state index >= 15 is 0 Å². The number of hydrogen-bond acceptors (Lipinski definition) is 5. The predicted octanol–water partition coefficient (Wildman–Crippen LogP) is 2.98. The summed E-state index contributed by atoms with van der Waals surface area (Å²) in [4.78, 5) is 21.4. The van der Waals surface area contributed by atoms with Gasteiger partial charge in [0, 0.05) is 23.5 Å². The van der Waals surface area contributed by atoms with Gasteiger partial charge in [-0.1, -0.05) is 0 Å². The summed E-state index contributed by atoms with van der Waals surface area (Å²) >= 11 is 0. The van der Waals surface area contributed by atoms with E-state index in [1.54, 1.807) is 31.6 Å². The molecule has 2 heterocycles. The van der Waals surface area contributed by atoms with Gasteiger partial charge in [-0.3, -0.25) is 14.8 Å². The van der Waals surface area contributed by atoms with Crippen LogP contribution in [0.2, 0.25) is 0 Å². The monoisotopic (exact) mass is 338 g/mol.